The first-order valence-electron chi connectivity index (χ1n) is 16.2. The maximum atomic E-state index is 13.6. The Morgan fingerprint density at radius 1 is 1.02 bits per heavy atom. The van der Waals surface area contributed by atoms with Crippen molar-refractivity contribution in [2.24, 2.45) is 35.5 Å². The second kappa shape index (κ2) is 17.1. The first kappa shape index (κ1) is 38.2. The molecule has 0 radical (unpaired) electrons. The third kappa shape index (κ3) is 9.52. The van der Waals surface area contributed by atoms with Crippen LogP contribution in [-0.4, -0.2) is 73.8 Å². The Labute approximate surface area is 266 Å². The molecule has 0 spiro atoms. The van der Waals surface area contributed by atoms with Gasteiger partial charge in [-0.2, -0.15) is 0 Å². The number of hydrogen-bond acceptors (Lipinski definition) is 8. The summed E-state index contributed by atoms with van der Waals surface area (Å²) in [5, 5.41) is 22.8. The fourth-order valence-electron chi connectivity index (χ4n) is 6.86. The molecule has 1 saturated heterocycles. The van der Waals surface area contributed by atoms with E-state index < -0.39 is 48.0 Å². The molecular weight excluding hydrogens is 560 g/mol. The van der Waals surface area contributed by atoms with E-state index in [1.807, 2.05) is 65.8 Å². The minimum absolute atomic E-state index is 0.00366. The molecule has 8 nitrogen and oxygen atoms in total. The molecule has 2 aliphatic rings. The average Bonchev–Trinajstić information content (AvgIpc) is 2.99. The van der Waals surface area contributed by atoms with Crippen LogP contribution in [0.15, 0.2) is 47.3 Å². The van der Waals surface area contributed by atoms with Crippen molar-refractivity contribution >= 4 is 5.97 Å². The van der Waals surface area contributed by atoms with Crippen molar-refractivity contribution in [1.29, 1.82) is 0 Å². The van der Waals surface area contributed by atoms with E-state index >= 15 is 0 Å². The largest absolute Gasteiger partial charge is 0.490 e. The number of methoxy groups -OCH3 is 3. The van der Waals surface area contributed by atoms with Crippen LogP contribution in [0.2, 0.25) is 0 Å². The summed E-state index contributed by atoms with van der Waals surface area (Å²) in [4.78, 5) is 13.6. The zero-order valence-electron chi connectivity index (χ0n) is 29.2. The van der Waals surface area contributed by atoms with Gasteiger partial charge >= 0.3 is 5.97 Å². The number of aliphatic hydroxyl groups is 2. The molecule has 0 saturated carbocycles. The lowest BCUT2D eigenvalue weighted by atomic mass is 9.77. The molecule has 0 amide bonds. The zero-order valence-corrected chi connectivity index (χ0v) is 29.2. The van der Waals surface area contributed by atoms with E-state index in [4.69, 9.17) is 23.7 Å². The molecule has 0 aliphatic carbocycles. The van der Waals surface area contributed by atoms with Crippen LogP contribution in [0.1, 0.15) is 81.6 Å². The summed E-state index contributed by atoms with van der Waals surface area (Å²) in [6.45, 7) is 18.2. The van der Waals surface area contributed by atoms with Crippen LogP contribution in [-0.2, 0) is 28.5 Å². The molecule has 2 rings (SSSR count). The molecule has 0 aromatic heterocycles. The maximum absolute atomic E-state index is 13.6. The number of cyclic esters (lactones) is 1. The Kier molecular flexibility index (Phi) is 14.8. The topological polar surface area (TPSA) is 104 Å². The highest BCUT2D eigenvalue weighted by Gasteiger charge is 2.50. The molecule has 0 unspecified atom stereocenters. The summed E-state index contributed by atoms with van der Waals surface area (Å²) in [7, 11) is 4.61. The van der Waals surface area contributed by atoms with E-state index in [0.717, 1.165) is 24.0 Å². The van der Waals surface area contributed by atoms with E-state index in [-0.39, 0.29) is 23.7 Å². The quantitative estimate of drug-likeness (QED) is 0.302. The zero-order chi connectivity index (χ0) is 33.4. The first-order valence-corrected chi connectivity index (χ1v) is 16.2. The maximum Gasteiger partial charge on any atom is 0.373 e. The number of hydrogen-bond donors (Lipinski definition) is 2. The molecule has 8 heteroatoms. The fraction of sp³-hybridized carbons (Fsp3) is 0.750. The number of aliphatic hydroxyl groups excluding tert-OH is 2. The minimum atomic E-state index is -0.979. The Hall–Kier alpha value is -1.97. The van der Waals surface area contributed by atoms with Gasteiger partial charge in [-0.1, -0.05) is 83.9 Å². The van der Waals surface area contributed by atoms with E-state index in [2.05, 4.69) is 20.8 Å². The fourth-order valence-corrected chi connectivity index (χ4v) is 6.86. The summed E-state index contributed by atoms with van der Waals surface area (Å²) in [6, 6.07) is 0. The van der Waals surface area contributed by atoms with E-state index in [1.165, 1.54) is 7.11 Å². The van der Waals surface area contributed by atoms with Gasteiger partial charge < -0.3 is 33.9 Å². The standard InChI is InChI=1S/C36H60O8/c1-21(2)33-24(5)16-17-36(42-12,44-33)28(9)32(38)27(8)34-29(40-10)15-13-14-22(3)18-25(6)31(37)26(7)19-23(4)20-30(41-11)35(39)43-34/h13-15,19-21,24-29,31-34,37-38H,16-18H2,1-12H3/b15-13+,22-14+,23-19-,30-20+/t24-,25+,26+,27-,28-,29-,31-,32+,33+,34-,36+/m0/s1. The van der Waals surface area contributed by atoms with Crippen LogP contribution in [0.25, 0.3) is 0 Å². The van der Waals surface area contributed by atoms with Crippen molar-refractivity contribution in [2.45, 2.75) is 118 Å². The Bertz CT molecular complexity index is 1040. The Balaban J connectivity index is 2.53. The third-order valence-corrected chi connectivity index (χ3v) is 9.70. The van der Waals surface area contributed by atoms with Crippen LogP contribution >= 0.6 is 0 Å². The lowest BCUT2D eigenvalue weighted by Gasteiger charge is -2.49. The van der Waals surface area contributed by atoms with Crippen LogP contribution < -0.4 is 0 Å². The van der Waals surface area contributed by atoms with Crippen molar-refractivity contribution in [3.05, 3.63) is 47.3 Å². The predicted molar refractivity (Wildman–Crippen MR) is 174 cm³/mol. The second-order valence-corrected chi connectivity index (χ2v) is 13.6. The predicted octanol–water partition coefficient (Wildman–Crippen LogP) is 6.38. The van der Waals surface area contributed by atoms with Gasteiger partial charge in [0.15, 0.2) is 5.79 Å². The highest BCUT2D eigenvalue weighted by Crippen LogP contribution is 2.43. The molecule has 0 aromatic carbocycles. The van der Waals surface area contributed by atoms with Gasteiger partial charge in [0.1, 0.15) is 12.2 Å². The third-order valence-electron chi connectivity index (χ3n) is 9.70. The second-order valence-electron chi connectivity index (χ2n) is 13.6. The van der Waals surface area contributed by atoms with E-state index in [9.17, 15) is 15.0 Å². The van der Waals surface area contributed by atoms with Gasteiger partial charge in [0, 0.05) is 38.4 Å². The van der Waals surface area contributed by atoms with Gasteiger partial charge in [-0.3, -0.25) is 0 Å². The summed E-state index contributed by atoms with van der Waals surface area (Å²) in [6.07, 6.45) is 8.50. The van der Waals surface area contributed by atoms with Crippen molar-refractivity contribution in [3.8, 4) is 0 Å². The first-order chi connectivity index (χ1) is 20.6. The van der Waals surface area contributed by atoms with Crippen molar-refractivity contribution < 1.29 is 38.7 Å². The SMILES string of the molecule is CO/C1=C/C(C)=C\[C@@H](C)[C@@H](O)[C@H](C)C/C(C)=C/C=C/[C@H](OC)[C@H]([C@@H](C)[C@@H](O)[C@H](C)[C@@]2(OC)CC[C@H](C)[C@@H](C(C)C)O2)OC1=O. The van der Waals surface area contributed by atoms with Gasteiger partial charge in [-0.05, 0) is 50.5 Å². The van der Waals surface area contributed by atoms with Crippen LogP contribution in [0.4, 0.5) is 0 Å². The van der Waals surface area contributed by atoms with Gasteiger partial charge in [0.25, 0.3) is 0 Å². The molecule has 2 aliphatic heterocycles. The minimum Gasteiger partial charge on any atom is -0.490 e. The van der Waals surface area contributed by atoms with Crippen molar-refractivity contribution in [3.63, 3.8) is 0 Å². The molecule has 44 heavy (non-hydrogen) atoms. The van der Waals surface area contributed by atoms with E-state index in [1.54, 1.807) is 20.3 Å². The summed E-state index contributed by atoms with van der Waals surface area (Å²) in [5.41, 5.74) is 1.87. The van der Waals surface area contributed by atoms with Gasteiger partial charge in [-0.15, -0.1) is 0 Å². The Morgan fingerprint density at radius 3 is 2.25 bits per heavy atom. The molecule has 2 heterocycles. The molecular formula is C36H60O8. The number of carbonyl (C=O) groups excluding carboxylic acids is 1. The van der Waals surface area contributed by atoms with Crippen LogP contribution in [0, 0.1) is 35.5 Å². The molecule has 0 aromatic rings. The van der Waals surface area contributed by atoms with E-state index in [0.29, 0.717) is 18.3 Å². The lowest BCUT2D eigenvalue weighted by molar-refractivity contribution is -0.323. The van der Waals surface area contributed by atoms with Crippen molar-refractivity contribution in [1.82, 2.24) is 0 Å². The Morgan fingerprint density at radius 2 is 1.68 bits per heavy atom. The summed E-state index contributed by atoms with van der Waals surface area (Å²) in [5.74, 6) is -2.07. The number of ether oxygens (including phenoxy) is 5. The number of allylic oxidation sites excluding steroid dienone is 5. The lowest BCUT2D eigenvalue weighted by Crippen LogP contribution is -2.56. The number of esters is 1. The number of carbonyl (C=O) groups is 1. The van der Waals surface area contributed by atoms with Gasteiger partial charge in [-0.25, -0.2) is 4.79 Å². The molecule has 252 valence electrons. The summed E-state index contributed by atoms with van der Waals surface area (Å²) < 4.78 is 30.1. The van der Waals surface area contributed by atoms with Crippen molar-refractivity contribution in [2.75, 3.05) is 21.3 Å². The summed E-state index contributed by atoms with van der Waals surface area (Å²) >= 11 is 0. The molecule has 1 fully saturated rings. The highest BCUT2D eigenvalue weighted by molar-refractivity contribution is 5.87. The highest BCUT2D eigenvalue weighted by atomic mass is 16.7. The monoisotopic (exact) mass is 620 g/mol. The van der Waals surface area contributed by atoms with Gasteiger partial charge in [0.2, 0.25) is 5.76 Å². The van der Waals surface area contributed by atoms with Crippen LogP contribution in [0.5, 0.6) is 0 Å². The smallest absolute Gasteiger partial charge is 0.373 e. The molecule has 0 bridgehead atoms. The van der Waals surface area contributed by atoms with Gasteiger partial charge in [0.05, 0.1) is 25.4 Å². The van der Waals surface area contributed by atoms with Crippen LogP contribution in [0.3, 0.4) is 0 Å². The average molecular weight is 621 g/mol. The number of rotatable bonds is 8. The normalized spacial score (nSPS) is 39.5. The molecule has 2 N–H and O–H groups in total. The molecule has 11 atom stereocenters.